The first-order valence-electron chi connectivity index (χ1n) is 6.21. The van der Waals surface area contributed by atoms with Crippen LogP contribution in [0.1, 0.15) is 33.6 Å². The number of carbonyl (C=O) groups is 2. The molecular formula is C15H16N2O2. The summed E-state index contributed by atoms with van der Waals surface area (Å²) in [5.74, 6) is 2.19. The molecule has 0 saturated heterocycles. The van der Waals surface area contributed by atoms with Crippen LogP contribution in [0.3, 0.4) is 0 Å². The molecule has 0 bridgehead atoms. The fourth-order valence-corrected chi connectivity index (χ4v) is 1.69. The van der Waals surface area contributed by atoms with Gasteiger partial charge in [0.05, 0.1) is 6.54 Å². The Morgan fingerprint density at radius 1 is 1.32 bits per heavy atom. The van der Waals surface area contributed by atoms with Crippen molar-refractivity contribution in [2.75, 3.05) is 13.6 Å². The number of amides is 2. The van der Waals surface area contributed by atoms with Crippen molar-refractivity contribution in [3.05, 3.63) is 35.4 Å². The maximum absolute atomic E-state index is 11.9. The Morgan fingerprint density at radius 3 is 2.42 bits per heavy atom. The molecule has 4 nitrogen and oxygen atoms in total. The van der Waals surface area contributed by atoms with Gasteiger partial charge in [-0.1, -0.05) is 5.92 Å². The van der Waals surface area contributed by atoms with E-state index in [-0.39, 0.29) is 18.4 Å². The highest BCUT2D eigenvalue weighted by Gasteiger charge is 2.23. The molecule has 0 aromatic heterocycles. The molecule has 1 saturated carbocycles. The van der Waals surface area contributed by atoms with Gasteiger partial charge in [-0.2, -0.15) is 0 Å². The van der Waals surface area contributed by atoms with Crippen LogP contribution in [0.15, 0.2) is 24.3 Å². The fourth-order valence-electron chi connectivity index (χ4n) is 1.69. The van der Waals surface area contributed by atoms with Crippen molar-refractivity contribution in [1.29, 1.82) is 0 Å². The second-order valence-electron chi connectivity index (χ2n) is 4.69. The molecule has 4 heteroatoms. The van der Waals surface area contributed by atoms with Crippen LogP contribution in [0, 0.1) is 12.3 Å². The molecule has 1 N–H and O–H groups in total. The molecule has 0 atom stereocenters. The van der Waals surface area contributed by atoms with E-state index in [0.29, 0.717) is 17.2 Å². The molecule has 19 heavy (non-hydrogen) atoms. The molecule has 0 unspecified atom stereocenters. The average Bonchev–Trinajstić information content (AvgIpc) is 3.22. The molecule has 98 valence electrons. The number of carbonyl (C=O) groups excluding carboxylic acids is 2. The van der Waals surface area contributed by atoms with Gasteiger partial charge >= 0.3 is 0 Å². The van der Waals surface area contributed by atoms with E-state index in [1.807, 2.05) is 0 Å². The van der Waals surface area contributed by atoms with Gasteiger partial charge in [-0.25, -0.2) is 0 Å². The summed E-state index contributed by atoms with van der Waals surface area (Å²) in [6, 6.07) is 6.95. The zero-order chi connectivity index (χ0) is 13.8. The summed E-state index contributed by atoms with van der Waals surface area (Å²) < 4.78 is 0. The van der Waals surface area contributed by atoms with E-state index in [2.05, 4.69) is 11.2 Å². The lowest BCUT2D eigenvalue weighted by molar-refractivity contribution is 0.0811. The summed E-state index contributed by atoms with van der Waals surface area (Å²) in [7, 11) is 1.65. The number of rotatable bonds is 4. The fraction of sp³-hybridized carbons (Fsp3) is 0.333. The van der Waals surface area contributed by atoms with Crippen LogP contribution in [0.5, 0.6) is 0 Å². The van der Waals surface area contributed by atoms with E-state index in [0.717, 1.165) is 12.8 Å². The SMILES string of the molecule is C#CCN(C)C(=O)c1ccc(C(=O)NC2CC2)cc1. The van der Waals surface area contributed by atoms with Crippen LogP contribution < -0.4 is 5.32 Å². The van der Waals surface area contributed by atoms with Crippen LogP contribution in [0.2, 0.25) is 0 Å². The zero-order valence-corrected chi connectivity index (χ0v) is 10.8. The summed E-state index contributed by atoms with van der Waals surface area (Å²) >= 11 is 0. The molecule has 1 fully saturated rings. The van der Waals surface area contributed by atoms with Crippen molar-refractivity contribution in [2.24, 2.45) is 0 Å². The predicted octanol–water partition coefficient (Wildman–Crippen LogP) is 1.28. The average molecular weight is 256 g/mol. The van der Waals surface area contributed by atoms with E-state index >= 15 is 0 Å². The predicted molar refractivity (Wildman–Crippen MR) is 72.7 cm³/mol. The van der Waals surface area contributed by atoms with Gasteiger partial charge in [0.2, 0.25) is 0 Å². The van der Waals surface area contributed by atoms with Crippen LogP contribution in [0.25, 0.3) is 0 Å². The van der Waals surface area contributed by atoms with Gasteiger partial charge in [-0.3, -0.25) is 9.59 Å². The first-order chi connectivity index (χ1) is 9.11. The smallest absolute Gasteiger partial charge is 0.254 e. The third kappa shape index (κ3) is 3.35. The molecule has 1 aliphatic rings. The van der Waals surface area contributed by atoms with Crippen LogP contribution in [0.4, 0.5) is 0 Å². The Labute approximate surface area is 112 Å². The molecule has 1 aromatic carbocycles. The summed E-state index contributed by atoms with van der Waals surface area (Å²) in [6.07, 6.45) is 7.27. The van der Waals surface area contributed by atoms with Gasteiger partial charge in [-0.05, 0) is 37.1 Å². The van der Waals surface area contributed by atoms with Gasteiger partial charge in [0.25, 0.3) is 11.8 Å². The molecule has 2 amide bonds. The van der Waals surface area contributed by atoms with E-state index in [9.17, 15) is 9.59 Å². The first kappa shape index (κ1) is 13.2. The lowest BCUT2D eigenvalue weighted by atomic mass is 10.1. The molecule has 2 rings (SSSR count). The van der Waals surface area contributed by atoms with Crippen molar-refractivity contribution in [1.82, 2.24) is 10.2 Å². The normalized spacial score (nSPS) is 13.5. The van der Waals surface area contributed by atoms with Gasteiger partial charge in [-0.15, -0.1) is 6.42 Å². The van der Waals surface area contributed by atoms with Gasteiger partial charge in [0, 0.05) is 24.2 Å². The summed E-state index contributed by atoms with van der Waals surface area (Å²) in [4.78, 5) is 25.2. The molecule has 0 heterocycles. The summed E-state index contributed by atoms with van der Waals surface area (Å²) in [6.45, 7) is 0.267. The Kier molecular flexibility index (Phi) is 3.86. The minimum Gasteiger partial charge on any atom is -0.349 e. The maximum Gasteiger partial charge on any atom is 0.254 e. The largest absolute Gasteiger partial charge is 0.349 e. The monoisotopic (exact) mass is 256 g/mol. The Hall–Kier alpha value is -2.28. The van der Waals surface area contributed by atoms with Crippen LogP contribution >= 0.6 is 0 Å². The molecule has 0 radical (unpaired) electrons. The number of nitrogens with zero attached hydrogens (tertiary/aromatic N) is 1. The number of nitrogens with one attached hydrogen (secondary N) is 1. The Bertz CT molecular complexity index is 524. The lowest BCUT2D eigenvalue weighted by Crippen LogP contribution is -2.27. The van der Waals surface area contributed by atoms with Crippen LogP contribution in [-0.4, -0.2) is 36.3 Å². The Morgan fingerprint density at radius 2 is 1.89 bits per heavy atom. The highest BCUT2D eigenvalue weighted by Crippen LogP contribution is 2.19. The maximum atomic E-state index is 11.9. The van der Waals surface area contributed by atoms with Gasteiger partial charge in [0.15, 0.2) is 0 Å². The third-order valence-corrected chi connectivity index (χ3v) is 2.98. The van der Waals surface area contributed by atoms with Crippen molar-refractivity contribution in [3.8, 4) is 12.3 Å². The highest BCUT2D eigenvalue weighted by atomic mass is 16.2. The van der Waals surface area contributed by atoms with Crippen LogP contribution in [-0.2, 0) is 0 Å². The van der Waals surface area contributed by atoms with Gasteiger partial charge < -0.3 is 10.2 Å². The van der Waals surface area contributed by atoms with E-state index in [4.69, 9.17) is 6.42 Å². The van der Waals surface area contributed by atoms with E-state index in [1.54, 1.807) is 31.3 Å². The number of hydrogen-bond acceptors (Lipinski definition) is 2. The standard InChI is InChI=1S/C15H16N2O2/c1-3-10-17(2)15(19)12-6-4-11(5-7-12)14(18)16-13-8-9-13/h1,4-7,13H,8-10H2,2H3,(H,16,18). The topological polar surface area (TPSA) is 49.4 Å². The molecule has 1 aromatic rings. The van der Waals surface area contributed by atoms with Crippen molar-refractivity contribution < 1.29 is 9.59 Å². The second-order valence-corrected chi connectivity index (χ2v) is 4.69. The zero-order valence-electron chi connectivity index (χ0n) is 10.8. The number of benzene rings is 1. The Balaban J connectivity index is 2.03. The number of hydrogen-bond donors (Lipinski definition) is 1. The molecule has 0 spiro atoms. The molecular weight excluding hydrogens is 240 g/mol. The van der Waals surface area contributed by atoms with Crippen molar-refractivity contribution in [2.45, 2.75) is 18.9 Å². The van der Waals surface area contributed by atoms with Crippen molar-refractivity contribution in [3.63, 3.8) is 0 Å². The van der Waals surface area contributed by atoms with Crippen molar-refractivity contribution >= 4 is 11.8 Å². The summed E-state index contributed by atoms with van der Waals surface area (Å²) in [5, 5.41) is 2.90. The molecule has 1 aliphatic carbocycles. The third-order valence-electron chi connectivity index (χ3n) is 2.98. The highest BCUT2D eigenvalue weighted by molar-refractivity contribution is 5.98. The first-order valence-corrected chi connectivity index (χ1v) is 6.21. The van der Waals surface area contributed by atoms with E-state index in [1.165, 1.54) is 4.90 Å². The summed E-state index contributed by atoms with van der Waals surface area (Å²) in [5.41, 5.74) is 1.10. The quantitative estimate of drug-likeness (QED) is 0.825. The van der Waals surface area contributed by atoms with Gasteiger partial charge in [0.1, 0.15) is 0 Å². The van der Waals surface area contributed by atoms with E-state index < -0.39 is 0 Å². The minimum atomic E-state index is -0.146. The number of terminal acetylenes is 1. The molecule has 0 aliphatic heterocycles. The minimum absolute atomic E-state index is 0.0847. The lowest BCUT2D eigenvalue weighted by Gasteiger charge is -2.13. The second kappa shape index (κ2) is 5.57.